The fourth-order valence-corrected chi connectivity index (χ4v) is 5.40. The number of nitrogens with zero attached hydrogens (tertiary/aromatic N) is 1. The van der Waals surface area contributed by atoms with Gasteiger partial charge in [-0.3, -0.25) is 4.79 Å². The minimum atomic E-state index is -3.79. The summed E-state index contributed by atoms with van der Waals surface area (Å²) in [6.45, 7) is 1.96. The molecule has 0 aliphatic carbocycles. The monoisotopic (exact) mass is 499 g/mol. The van der Waals surface area contributed by atoms with Crippen molar-refractivity contribution in [1.29, 1.82) is 0 Å². The van der Waals surface area contributed by atoms with E-state index in [1.54, 1.807) is 17.0 Å². The van der Waals surface area contributed by atoms with Crippen LogP contribution in [0.5, 0.6) is 11.5 Å². The number of rotatable bonds is 6. The molecule has 0 radical (unpaired) electrons. The highest BCUT2D eigenvalue weighted by atomic mass is 32.2. The normalized spacial score (nSPS) is 16.1. The lowest BCUT2D eigenvalue weighted by Crippen LogP contribution is -2.37. The van der Waals surface area contributed by atoms with Gasteiger partial charge in [-0.05, 0) is 42.3 Å². The zero-order valence-electron chi connectivity index (χ0n) is 19.1. The number of aromatic amines is 1. The molecule has 1 aromatic heterocycles. The first kappa shape index (κ1) is 23.4. The number of aromatic nitrogens is 1. The van der Waals surface area contributed by atoms with Crippen molar-refractivity contribution in [3.05, 3.63) is 60.1 Å². The zero-order valence-corrected chi connectivity index (χ0v) is 19.9. The quantitative estimate of drug-likeness (QED) is 0.541. The van der Waals surface area contributed by atoms with Gasteiger partial charge in [-0.15, -0.1) is 0 Å². The van der Waals surface area contributed by atoms with Crippen LogP contribution >= 0.6 is 0 Å². The third kappa shape index (κ3) is 5.03. The van der Waals surface area contributed by atoms with Crippen LogP contribution in [-0.2, 0) is 14.8 Å². The highest BCUT2D eigenvalue weighted by Crippen LogP contribution is 2.32. The molecule has 8 nitrogen and oxygen atoms in total. The van der Waals surface area contributed by atoms with E-state index < -0.39 is 10.0 Å². The van der Waals surface area contributed by atoms with E-state index in [2.05, 4.69) is 9.71 Å². The van der Waals surface area contributed by atoms with E-state index in [-0.39, 0.29) is 29.6 Å². The Morgan fingerprint density at radius 3 is 2.74 bits per heavy atom. The maximum Gasteiger partial charge on any atom is 0.240 e. The van der Waals surface area contributed by atoms with Crippen molar-refractivity contribution < 1.29 is 27.1 Å². The van der Waals surface area contributed by atoms with Gasteiger partial charge in [0.15, 0.2) is 11.5 Å². The van der Waals surface area contributed by atoms with E-state index in [0.29, 0.717) is 44.2 Å². The van der Waals surface area contributed by atoms with Gasteiger partial charge >= 0.3 is 0 Å². The van der Waals surface area contributed by atoms with Gasteiger partial charge in [0.1, 0.15) is 5.82 Å². The van der Waals surface area contributed by atoms with Gasteiger partial charge in [0, 0.05) is 61.2 Å². The van der Waals surface area contributed by atoms with E-state index in [9.17, 15) is 17.6 Å². The lowest BCUT2D eigenvalue weighted by atomic mass is 9.99. The molecule has 10 heteroatoms. The Balaban J connectivity index is 1.17. The van der Waals surface area contributed by atoms with Crippen LogP contribution in [0.4, 0.5) is 4.39 Å². The second-order valence-corrected chi connectivity index (χ2v) is 10.3. The van der Waals surface area contributed by atoms with Crippen molar-refractivity contribution in [2.45, 2.75) is 24.2 Å². The molecule has 0 unspecified atom stereocenters. The molecular weight excluding hydrogens is 473 g/mol. The molecule has 0 spiro atoms. The standard InChI is InChI=1S/C25H26FN3O5S/c26-18-2-4-20-21(16-27-22(20)14-18)17-7-10-29(11-8-17)25(30)6-9-28-35(31,32)19-3-5-23-24(15-19)34-13-1-12-33-23/h2-5,7,14-16,27-28H,1,6,8-13H2. The molecule has 3 heterocycles. The number of carbonyl (C=O) groups excluding carboxylic acids is 1. The van der Waals surface area contributed by atoms with Gasteiger partial charge in [-0.25, -0.2) is 17.5 Å². The van der Waals surface area contributed by atoms with Crippen molar-refractivity contribution in [1.82, 2.24) is 14.6 Å². The number of halogens is 1. The Bertz CT molecular complexity index is 1400. The van der Waals surface area contributed by atoms with E-state index >= 15 is 0 Å². The molecule has 3 aromatic rings. The Hall–Kier alpha value is -3.37. The van der Waals surface area contributed by atoms with Gasteiger partial charge in [0.25, 0.3) is 0 Å². The average molecular weight is 500 g/mol. The summed E-state index contributed by atoms with van der Waals surface area (Å²) in [7, 11) is -3.79. The number of hydrogen-bond donors (Lipinski definition) is 2. The fourth-order valence-electron chi connectivity index (χ4n) is 4.35. The van der Waals surface area contributed by atoms with Gasteiger partial charge in [-0.1, -0.05) is 6.08 Å². The number of amides is 1. The van der Waals surface area contributed by atoms with Gasteiger partial charge < -0.3 is 19.4 Å². The lowest BCUT2D eigenvalue weighted by molar-refractivity contribution is -0.130. The minimum Gasteiger partial charge on any atom is -0.490 e. The largest absolute Gasteiger partial charge is 0.490 e. The van der Waals surface area contributed by atoms with Gasteiger partial charge in [-0.2, -0.15) is 0 Å². The lowest BCUT2D eigenvalue weighted by Gasteiger charge is -2.26. The zero-order chi connectivity index (χ0) is 24.4. The van der Waals surface area contributed by atoms with E-state index in [1.807, 2.05) is 12.3 Å². The maximum absolute atomic E-state index is 13.5. The Morgan fingerprint density at radius 1 is 1.11 bits per heavy atom. The summed E-state index contributed by atoms with van der Waals surface area (Å²) in [6, 6.07) is 9.15. The smallest absolute Gasteiger partial charge is 0.240 e. The van der Waals surface area contributed by atoms with Crippen LogP contribution in [0.3, 0.4) is 0 Å². The van der Waals surface area contributed by atoms with Crippen LogP contribution in [0.15, 0.2) is 53.6 Å². The molecule has 1 amide bonds. The van der Waals surface area contributed by atoms with E-state index in [0.717, 1.165) is 28.5 Å². The summed E-state index contributed by atoms with van der Waals surface area (Å²) < 4.78 is 52.5. The molecule has 5 rings (SSSR count). The molecule has 184 valence electrons. The number of hydrogen-bond acceptors (Lipinski definition) is 5. The predicted octanol–water partition coefficient (Wildman–Crippen LogP) is 3.45. The third-order valence-corrected chi connectivity index (χ3v) is 7.67. The Morgan fingerprint density at radius 2 is 1.94 bits per heavy atom. The summed E-state index contributed by atoms with van der Waals surface area (Å²) in [5.74, 6) is 0.509. The summed E-state index contributed by atoms with van der Waals surface area (Å²) in [5.41, 5.74) is 2.84. The predicted molar refractivity (Wildman–Crippen MR) is 129 cm³/mol. The molecule has 2 aliphatic rings. The number of benzene rings is 2. The number of fused-ring (bicyclic) bond motifs is 2. The molecule has 0 bridgehead atoms. The molecule has 0 saturated heterocycles. The summed E-state index contributed by atoms with van der Waals surface area (Å²) in [6.07, 6.45) is 5.31. The Kier molecular flexibility index (Phi) is 6.48. The molecule has 35 heavy (non-hydrogen) atoms. The number of ether oxygens (including phenoxy) is 2. The van der Waals surface area contributed by atoms with Crippen LogP contribution in [-0.4, -0.2) is 57.1 Å². The highest BCUT2D eigenvalue weighted by molar-refractivity contribution is 7.89. The molecule has 2 aromatic carbocycles. The van der Waals surface area contributed by atoms with Crippen LogP contribution in [0.25, 0.3) is 16.5 Å². The molecule has 2 aliphatic heterocycles. The van der Waals surface area contributed by atoms with Gasteiger partial charge in [0.05, 0.1) is 18.1 Å². The number of carbonyl (C=O) groups is 1. The number of nitrogens with one attached hydrogen (secondary N) is 2. The van der Waals surface area contributed by atoms with Gasteiger partial charge in [0.2, 0.25) is 15.9 Å². The van der Waals surface area contributed by atoms with Crippen molar-refractivity contribution in [3.8, 4) is 11.5 Å². The van der Waals surface area contributed by atoms with Crippen LogP contribution < -0.4 is 14.2 Å². The van der Waals surface area contributed by atoms with Crippen LogP contribution in [0.1, 0.15) is 24.8 Å². The summed E-state index contributed by atoms with van der Waals surface area (Å²) in [5, 5.41) is 0.946. The first-order chi connectivity index (χ1) is 16.9. The first-order valence-electron chi connectivity index (χ1n) is 11.5. The maximum atomic E-state index is 13.5. The van der Waals surface area contributed by atoms with Crippen molar-refractivity contribution in [2.75, 3.05) is 32.8 Å². The Labute approximate surface area is 202 Å². The second kappa shape index (κ2) is 9.71. The van der Waals surface area contributed by atoms with Crippen LogP contribution in [0, 0.1) is 5.82 Å². The number of sulfonamides is 1. The fraction of sp³-hybridized carbons (Fsp3) is 0.320. The van der Waals surface area contributed by atoms with Crippen molar-refractivity contribution in [2.24, 2.45) is 0 Å². The van der Waals surface area contributed by atoms with E-state index in [1.165, 1.54) is 24.3 Å². The van der Waals surface area contributed by atoms with Crippen molar-refractivity contribution in [3.63, 3.8) is 0 Å². The minimum absolute atomic E-state index is 0.00328. The highest BCUT2D eigenvalue weighted by Gasteiger charge is 2.22. The van der Waals surface area contributed by atoms with Crippen LogP contribution in [0.2, 0.25) is 0 Å². The van der Waals surface area contributed by atoms with E-state index in [4.69, 9.17) is 9.47 Å². The summed E-state index contributed by atoms with van der Waals surface area (Å²) in [4.78, 5) is 17.5. The first-order valence-corrected chi connectivity index (χ1v) is 13.0. The topological polar surface area (TPSA) is 101 Å². The number of H-pyrrole nitrogens is 1. The molecule has 0 fully saturated rings. The molecule has 2 N–H and O–H groups in total. The second-order valence-electron chi connectivity index (χ2n) is 8.52. The van der Waals surface area contributed by atoms with Crippen molar-refractivity contribution >= 4 is 32.4 Å². The average Bonchev–Trinajstić information content (AvgIpc) is 3.12. The third-order valence-electron chi connectivity index (χ3n) is 6.21. The summed E-state index contributed by atoms with van der Waals surface area (Å²) >= 11 is 0. The molecular formula is C25H26FN3O5S. The molecule has 0 saturated carbocycles. The SMILES string of the molecule is O=C(CCNS(=O)(=O)c1ccc2c(c1)OCCCO2)N1CC=C(c2c[nH]c3cc(F)ccc23)CC1. The molecule has 0 atom stereocenters.